The molecule has 1 spiro atoms. The largest absolute Gasteiger partial charge is 0.715 e. The Morgan fingerprint density at radius 3 is 1.48 bits per heavy atom. The van der Waals surface area contributed by atoms with Crippen LogP contribution in [-0.2, 0) is 0 Å². The van der Waals surface area contributed by atoms with Crippen molar-refractivity contribution in [1.29, 1.82) is 0 Å². The Hall–Kier alpha value is -3.92. The third-order valence-electron chi connectivity index (χ3n) is 6.60. The first kappa shape index (κ1) is 16.8. The molecule has 0 saturated heterocycles. The number of para-hydroxylation sites is 2. The number of ether oxygens (including phenoxy) is 2. The van der Waals surface area contributed by atoms with E-state index in [0.717, 1.165) is 45.4 Å². The van der Waals surface area contributed by atoms with Crippen LogP contribution in [0.15, 0.2) is 84.9 Å². The molecule has 3 aliphatic rings. The van der Waals surface area contributed by atoms with Crippen molar-refractivity contribution >= 4 is 33.6 Å². The van der Waals surface area contributed by atoms with Gasteiger partial charge in [-0.05, 0) is 44.2 Å². The lowest BCUT2D eigenvalue weighted by Crippen LogP contribution is -2.61. The smallest absolute Gasteiger partial charge is 0.340 e. The van der Waals surface area contributed by atoms with Crippen LogP contribution in [0.5, 0.6) is 11.5 Å². The van der Waals surface area contributed by atoms with E-state index in [1.165, 1.54) is 10.8 Å². The monoisotopic (exact) mass is 404 g/mol. The summed E-state index contributed by atoms with van der Waals surface area (Å²) < 4.78 is 17.9. The zero-order valence-corrected chi connectivity index (χ0v) is 17.3. The summed E-state index contributed by atoms with van der Waals surface area (Å²) in [5.41, 5.74) is 6.53. The standard InChI is InChI=1S/C27H20N2O2/c1-17-21-11-5-7-13-25(21)30-27-28(17)23-15-19-9-3-4-10-20(19)16-24(23)29(27)18(2)22-12-6-8-14-26(22)31-27/h3-16H,1-2H3/q+2. The normalized spacial score (nSPS) is 17.2. The maximum atomic E-state index is 6.74. The average Bonchev–Trinajstić information content (AvgIpc) is 3.07. The molecule has 0 unspecified atom stereocenters. The number of fused-ring (bicyclic) bond motifs is 6. The van der Waals surface area contributed by atoms with Crippen molar-refractivity contribution in [2.45, 2.75) is 19.9 Å². The highest BCUT2D eigenvalue weighted by Gasteiger charge is 2.74. The Balaban J connectivity index is 1.66. The van der Waals surface area contributed by atoms with Crippen LogP contribution in [0.1, 0.15) is 25.0 Å². The summed E-state index contributed by atoms with van der Waals surface area (Å²) in [6, 6.07) is 28.2. The molecule has 31 heavy (non-hydrogen) atoms. The minimum absolute atomic E-state index is 0.825. The molecule has 0 N–H and O–H groups in total. The van der Waals surface area contributed by atoms with Gasteiger partial charge in [-0.3, -0.25) is 0 Å². The quantitative estimate of drug-likeness (QED) is 0.359. The highest BCUT2D eigenvalue weighted by Crippen LogP contribution is 2.51. The van der Waals surface area contributed by atoms with Crippen molar-refractivity contribution in [1.82, 2.24) is 0 Å². The van der Waals surface area contributed by atoms with Crippen LogP contribution in [0.25, 0.3) is 10.8 Å². The van der Waals surface area contributed by atoms with Crippen LogP contribution in [0.2, 0.25) is 0 Å². The molecule has 0 bridgehead atoms. The van der Waals surface area contributed by atoms with Gasteiger partial charge >= 0.3 is 6.03 Å². The molecule has 4 aromatic carbocycles. The second-order valence-electron chi connectivity index (χ2n) is 8.27. The second-order valence-corrected chi connectivity index (χ2v) is 8.27. The number of nitrogens with zero attached hydrogens (tertiary/aromatic N) is 2. The Bertz CT molecular complexity index is 1400. The summed E-state index contributed by atoms with van der Waals surface area (Å²) >= 11 is 0. The fourth-order valence-corrected chi connectivity index (χ4v) is 5.20. The highest BCUT2D eigenvalue weighted by molar-refractivity contribution is 6.02. The summed E-state index contributed by atoms with van der Waals surface area (Å²) in [7, 11) is 0. The molecule has 148 valence electrons. The topological polar surface area (TPSA) is 24.5 Å². The lowest BCUT2D eigenvalue weighted by Gasteiger charge is -2.29. The number of hydrogen-bond acceptors (Lipinski definition) is 2. The molecular weight excluding hydrogens is 384 g/mol. The van der Waals surface area contributed by atoms with Gasteiger partial charge in [0.2, 0.25) is 11.4 Å². The van der Waals surface area contributed by atoms with E-state index in [2.05, 4.69) is 71.5 Å². The molecule has 0 amide bonds. The molecule has 0 atom stereocenters. The van der Waals surface area contributed by atoms with Gasteiger partial charge in [-0.1, -0.05) is 48.5 Å². The van der Waals surface area contributed by atoms with Crippen LogP contribution in [-0.4, -0.2) is 26.6 Å². The Labute approximate surface area is 179 Å². The zero-order chi connectivity index (χ0) is 20.7. The van der Waals surface area contributed by atoms with Crippen molar-refractivity contribution in [2.75, 3.05) is 0 Å². The molecular formula is C27H20N2O2+2. The van der Waals surface area contributed by atoms with E-state index in [1.807, 2.05) is 36.4 Å². The minimum atomic E-state index is -1.13. The summed E-state index contributed by atoms with van der Waals surface area (Å²) in [6.45, 7) is 4.29. The summed E-state index contributed by atoms with van der Waals surface area (Å²) in [4.78, 5) is 0. The third-order valence-corrected chi connectivity index (χ3v) is 6.60. The van der Waals surface area contributed by atoms with Crippen molar-refractivity contribution in [2.24, 2.45) is 0 Å². The van der Waals surface area contributed by atoms with Gasteiger partial charge in [0.05, 0.1) is 11.1 Å². The molecule has 0 radical (unpaired) electrons. The summed E-state index contributed by atoms with van der Waals surface area (Å²) in [6.07, 6.45) is 0. The van der Waals surface area contributed by atoms with Gasteiger partial charge in [0, 0.05) is 26.0 Å². The van der Waals surface area contributed by atoms with E-state index in [0.29, 0.717) is 0 Å². The van der Waals surface area contributed by atoms with Crippen molar-refractivity contribution < 1.29 is 18.6 Å². The fourth-order valence-electron chi connectivity index (χ4n) is 5.20. The van der Waals surface area contributed by atoms with Crippen molar-refractivity contribution in [3.8, 4) is 11.5 Å². The van der Waals surface area contributed by atoms with E-state index in [4.69, 9.17) is 9.47 Å². The van der Waals surface area contributed by atoms with E-state index >= 15 is 0 Å². The van der Waals surface area contributed by atoms with E-state index in [9.17, 15) is 0 Å². The third kappa shape index (κ3) is 1.99. The second kappa shape index (κ2) is 5.61. The van der Waals surface area contributed by atoms with Crippen LogP contribution in [0.3, 0.4) is 0 Å². The molecule has 0 saturated carbocycles. The fraction of sp³-hybridized carbons (Fsp3) is 0.111. The Morgan fingerprint density at radius 2 is 1.00 bits per heavy atom. The van der Waals surface area contributed by atoms with Gasteiger partial charge < -0.3 is 9.47 Å². The van der Waals surface area contributed by atoms with E-state index < -0.39 is 6.03 Å². The number of hydrogen-bond donors (Lipinski definition) is 0. The molecule has 4 heteroatoms. The lowest BCUT2D eigenvalue weighted by molar-refractivity contribution is -0.835. The van der Waals surface area contributed by atoms with Gasteiger partial charge in [0.1, 0.15) is 0 Å². The first-order chi connectivity index (χ1) is 15.2. The van der Waals surface area contributed by atoms with Crippen LogP contribution < -0.4 is 9.47 Å². The molecule has 0 aromatic heterocycles. The van der Waals surface area contributed by atoms with Crippen molar-refractivity contribution in [3.05, 3.63) is 96.1 Å². The Morgan fingerprint density at radius 1 is 0.581 bits per heavy atom. The summed E-state index contributed by atoms with van der Waals surface area (Å²) in [5.74, 6) is 1.65. The van der Waals surface area contributed by atoms with Gasteiger partial charge in [-0.25, -0.2) is 0 Å². The molecule has 3 heterocycles. The SMILES string of the molecule is CC1=[N+]2c3cc4ccccc4cc3[N+]3=C(C)c4ccccc4OC23Oc2ccccc21. The van der Waals surface area contributed by atoms with Crippen LogP contribution in [0.4, 0.5) is 11.4 Å². The number of rotatable bonds is 0. The molecule has 7 rings (SSSR count). The molecule has 4 aromatic rings. The number of benzene rings is 4. The maximum Gasteiger partial charge on any atom is 0.715 e. The van der Waals surface area contributed by atoms with Gasteiger partial charge in [0.25, 0.3) is 11.4 Å². The summed E-state index contributed by atoms with van der Waals surface area (Å²) in [5, 5.41) is 2.39. The van der Waals surface area contributed by atoms with E-state index in [-0.39, 0.29) is 0 Å². The van der Waals surface area contributed by atoms with E-state index in [1.54, 1.807) is 0 Å². The predicted molar refractivity (Wildman–Crippen MR) is 120 cm³/mol. The van der Waals surface area contributed by atoms with Crippen LogP contribution >= 0.6 is 0 Å². The maximum absolute atomic E-state index is 6.74. The van der Waals surface area contributed by atoms with Gasteiger partial charge in [-0.2, -0.15) is 0 Å². The minimum Gasteiger partial charge on any atom is -0.340 e. The molecule has 4 nitrogen and oxygen atoms in total. The van der Waals surface area contributed by atoms with Gasteiger partial charge in [0.15, 0.2) is 11.5 Å². The first-order valence-corrected chi connectivity index (χ1v) is 10.5. The molecule has 0 fully saturated rings. The Kier molecular flexibility index (Phi) is 3.05. The van der Waals surface area contributed by atoms with Crippen LogP contribution in [0, 0.1) is 0 Å². The zero-order valence-electron chi connectivity index (χ0n) is 17.3. The van der Waals surface area contributed by atoms with Gasteiger partial charge in [-0.15, -0.1) is 0 Å². The average molecular weight is 404 g/mol. The molecule has 3 aliphatic heterocycles. The van der Waals surface area contributed by atoms with Crippen molar-refractivity contribution in [3.63, 3.8) is 0 Å². The predicted octanol–water partition coefficient (Wildman–Crippen LogP) is 5.56. The lowest BCUT2D eigenvalue weighted by atomic mass is 10.1. The molecule has 0 aliphatic carbocycles. The highest BCUT2D eigenvalue weighted by atomic mass is 16.7. The first-order valence-electron chi connectivity index (χ1n) is 10.5.